The largest absolute Gasteiger partial charge is 0.419 e. The Labute approximate surface area is 144 Å². The molecule has 0 aliphatic carbocycles. The number of aryl methyl sites for hydroxylation is 1. The minimum Gasteiger partial charge on any atom is -0.408 e. The van der Waals surface area contributed by atoms with Gasteiger partial charge in [0.2, 0.25) is 0 Å². The SMILES string of the molecule is CN(C)c1cccc(CNC(=O)Nc2ccc3c(c2)oc(=O)n3C)n1. The van der Waals surface area contributed by atoms with Gasteiger partial charge in [0.15, 0.2) is 5.58 Å². The van der Waals surface area contributed by atoms with Crippen LogP contribution in [0.4, 0.5) is 16.3 Å². The van der Waals surface area contributed by atoms with E-state index in [-0.39, 0.29) is 6.03 Å². The third kappa shape index (κ3) is 3.63. The van der Waals surface area contributed by atoms with Crippen molar-refractivity contribution in [3.63, 3.8) is 0 Å². The molecule has 2 aromatic heterocycles. The molecule has 0 aliphatic rings. The lowest BCUT2D eigenvalue weighted by Crippen LogP contribution is -2.28. The Morgan fingerprint density at radius 1 is 1.28 bits per heavy atom. The molecule has 0 spiro atoms. The number of benzene rings is 1. The third-order valence-corrected chi connectivity index (χ3v) is 3.73. The van der Waals surface area contributed by atoms with Crippen LogP contribution in [0.25, 0.3) is 11.1 Å². The average Bonchev–Trinajstić information content (AvgIpc) is 2.87. The van der Waals surface area contributed by atoms with Gasteiger partial charge in [-0.2, -0.15) is 0 Å². The number of fused-ring (bicyclic) bond motifs is 1. The monoisotopic (exact) mass is 341 g/mol. The van der Waals surface area contributed by atoms with Gasteiger partial charge in [-0.1, -0.05) is 6.07 Å². The number of hydrogen-bond donors (Lipinski definition) is 2. The van der Waals surface area contributed by atoms with Crippen LogP contribution in [0.2, 0.25) is 0 Å². The summed E-state index contributed by atoms with van der Waals surface area (Å²) in [5.74, 6) is 0.382. The Kier molecular flexibility index (Phi) is 4.42. The number of pyridine rings is 1. The number of urea groups is 1. The average molecular weight is 341 g/mol. The second-order valence-corrected chi connectivity index (χ2v) is 5.80. The van der Waals surface area contributed by atoms with E-state index in [2.05, 4.69) is 15.6 Å². The van der Waals surface area contributed by atoms with Crippen molar-refractivity contribution in [1.82, 2.24) is 14.9 Å². The Hall–Kier alpha value is -3.29. The molecular formula is C17H19N5O3. The molecule has 3 aromatic rings. The van der Waals surface area contributed by atoms with Gasteiger partial charge in [0.25, 0.3) is 0 Å². The van der Waals surface area contributed by atoms with E-state index in [1.54, 1.807) is 25.2 Å². The van der Waals surface area contributed by atoms with E-state index in [1.807, 2.05) is 37.2 Å². The van der Waals surface area contributed by atoms with Gasteiger partial charge in [0, 0.05) is 32.9 Å². The first kappa shape index (κ1) is 16.6. The van der Waals surface area contributed by atoms with E-state index in [0.29, 0.717) is 23.3 Å². The van der Waals surface area contributed by atoms with Crippen LogP contribution in [-0.2, 0) is 13.6 Å². The van der Waals surface area contributed by atoms with Crippen LogP contribution in [-0.4, -0.2) is 29.7 Å². The van der Waals surface area contributed by atoms with Crippen LogP contribution in [0.1, 0.15) is 5.69 Å². The lowest BCUT2D eigenvalue weighted by molar-refractivity contribution is 0.251. The second-order valence-electron chi connectivity index (χ2n) is 5.80. The van der Waals surface area contributed by atoms with E-state index in [4.69, 9.17) is 4.42 Å². The molecule has 1 aromatic carbocycles. The second kappa shape index (κ2) is 6.68. The molecule has 2 heterocycles. The molecule has 0 atom stereocenters. The first-order valence-electron chi connectivity index (χ1n) is 7.72. The summed E-state index contributed by atoms with van der Waals surface area (Å²) in [5.41, 5.74) is 2.38. The summed E-state index contributed by atoms with van der Waals surface area (Å²) in [6.45, 7) is 0.302. The molecular weight excluding hydrogens is 322 g/mol. The first-order valence-corrected chi connectivity index (χ1v) is 7.72. The van der Waals surface area contributed by atoms with Gasteiger partial charge in [0.1, 0.15) is 5.82 Å². The zero-order valence-corrected chi connectivity index (χ0v) is 14.2. The number of hydrogen-bond acceptors (Lipinski definition) is 5. The van der Waals surface area contributed by atoms with Crippen molar-refractivity contribution in [1.29, 1.82) is 0 Å². The molecule has 8 heteroatoms. The van der Waals surface area contributed by atoms with Gasteiger partial charge in [-0.3, -0.25) is 4.57 Å². The van der Waals surface area contributed by atoms with Gasteiger partial charge in [-0.05, 0) is 24.3 Å². The number of carbonyl (C=O) groups excluding carboxylic acids is 1. The Bertz CT molecular complexity index is 974. The Morgan fingerprint density at radius 2 is 2.08 bits per heavy atom. The van der Waals surface area contributed by atoms with E-state index in [9.17, 15) is 9.59 Å². The molecule has 0 saturated heterocycles. The predicted octanol–water partition coefficient (Wildman–Crippen LogP) is 1.91. The van der Waals surface area contributed by atoms with Crippen LogP contribution in [0.5, 0.6) is 0 Å². The number of oxazole rings is 1. The highest BCUT2D eigenvalue weighted by Gasteiger charge is 2.08. The van der Waals surface area contributed by atoms with Crippen molar-refractivity contribution in [3.05, 3.63) is 52.6 Å². The van der Waals surface area contributed by atoms with E-state index < -0.39 is 5.76 Å². The molecule has 0 radical (unpaired) electrons. The molecule has 0 aliphatic heterocycles. The fraction of sp³-hybridized carbons (Fsp3) is 0.235. The molecule has 2 amide bonds. The number of rotatable bonds is 4. The highest BCUT2D eigenvalue weighted by molar-refractivity contribution is 5.91. The summed E-state index contributed by atoms with van der Waals surface area (Å²) in [6, 6.07) is 10.3. The van der Waals surface area contributed by atoms with Gasteiger partial charge in [-0.25, -0.2) is 14.6 Å². The highest BCUT2D eigenvalue weighted by Crippen LogP contribution is 2.17. The van der Waals surface area contributed by atoms with Gasteiger partial charge in [-0.15, -0.1) is 0 Å². The smallest absolute Gasteiger partial charge is 0.408 e. The zero-order valence-electron chi connectivity index (χ0n) is 14.2. The zero-order chi connectivity index (χ0) is 18.0. The maximum atomic E-state index is 12.1. The number of aromatic nitrogens is 2. The third-order valence-electron chi connectivity index (χ3n) is 3.73. The van der Waals surface area contributed by atoms with Crippen molar-refractivity contribution < 1.29 is 9.21 Å². The summed E-state index contributed by atoms with van der Waals surface area (Å²) >= 11 is 0. The molecule has 25 heavy (non-hydrogen) atoms. The molecule has 0 fully saturated rings. The molecule has 2 N–H and O–H groups in total. The summed E-state index contributed by atoms with van der Waals surface area (Å²) in [6.07, 6.45) is 0. The van der Waals surface area contributed by atoms with Crippen LogP contribution in [0, 0.1) is 0 Å². The molecule has 3 rings (SSSR count). The van der Waals surface area contributed by atoms with Gasteiger partial charge in [0.05, 0.1) is 17.8 Å². The van der Waals surface area contributed by atoms with E-state index in [1.165, 1.54) is 4.57 Å². The molecule has 0 unspecified atom stereocenters. The topological polar surface area (TPSA) is 92.4 Å². The minimum atomic E-state index is -0.441. The van der Waals surface area contributed by atoms with Crippen molar-refractivity contribution in [3.8, 4) is 0 Å². The van der Waals surface area contributed by atoms with Gasteiger partial charge < -0.3 is 20.0 Å². The van der Waals surface area contributed by atoms with Crippen molar-refractivity contribution >= 4 is 28.6 Å². The number of nitrogens with one attached hydrogen (secondary N) is 2. The molecule has 8 nitrogen and oxygen atoms in total. The van der Waals surface area contributed by atoms with E-state index in [0.717, 1.165) is 11.5 Å². The number of anilines is 2. The van der Waals surface area contributed by atoms with Crippen LogP contribution < -0.4 is 21.3 Å². The van der Waals surface area contributed by atoms with Crippen molar-refractivity contribution in [2.75, 3.05) is 24.3 Å². The first-order chi connectivity index (χ1) is 11.9. The summed E-state index contributed by atoms with van der Waals surface area (Å²) in [4.78, 5) is 29.9. The predicted molar refractivity (Wildman–Crippen MR) is 95.9 cm³/mol. The lowest BCUT2D eigenvalue weighted by atomic mass is 10.3. The van der Waals surface area contributed by atoms with Crippen molar-refractivity contribution in [2.45, 2.75) is 6.54 Å². The summed E-state index contributed by atoms with van der Waals surface area (Å²) < 4.78 is 6.51. The van der Waals surface area contributed by atoms with Crippen LogP contribution in [0.3, 0.4) is 0 Å². The summed E-state index contributed by atoms with van der Waals surface area (Å²) in [7, 11) is 5.44. The number of carbonyl (C=O) groups is 1. The highest BCUT2D eigenvalue weighted by atomic mass is 16.4. The van der Waals surface area contributed by atoms with Gasteiger partial charge >= 0.3 is 11.8 Å². The maximum Gasteiger partial charge on any atom is 0.419 e. The van der Waals surface area contributed by atoms with Crippen LogP contribution >= 0.6 is 0 Å². The normalized spacial score (nSPS) is 10.7. The number of amides is 2. The Balaban J connectivity index is 1.64. The standard InChI is InChI=1S/C17H19N5O3/c1-21(2)15-6-4-5-12(19-15)10-18-16(23)20-11-7-8-13-14(9-11)25-17(24)22(13)3/h4-9H,10H2,1-3H3,(H2,18,20,23). The fourth-order valence-electron chi connectivity index (χ4n) is 2.37. The molecule has 0 saturated carbocycles. The maximum absolute atomic E-state index is 12.1. The van der Waals surface area contributed by atoms with E-state index >= 15 is 0 Å². The van der Waals surface area contributed by atoms with Crippen LogP contribution in [0.15, 0.2) is 45.6 Å². The van der Waals surface area contributed by atoms with Crippen molar-refractivity contribution in [2.24, 2.45) is 7.05 Å². The summed E-state index contributed by atoms with van der Waals surface area (Å²) in [5, 5.41) is 5.46. The quantitative estimate of drug-likeness (QED) is 0.756. The number of nitrogens with zero attached hydrogens (tertiary/aromatic N) is 3. The fourth-order valence-corrected chi connectivity index (χ4v) is 2.37. The lowest BCUT2D eigenvalue weighted by Gasteiger charge is -2.12. The molecule has 130 valence electrons. The Morgan fingerprint density at radius 3 is 2.84 bits per heavy atom. The minimum absolute atomic E-state index is 0.302. The molecule has 0 bridgehead atoms.